The molecule has 0 aliphatic heterocycles. The molecule has 4 unspecified atom stereocenters. The third kappa shape index (κ3) is 9.15. The Morgan fingerprint density at radius 3 is 2.07 bits per heavy atom. The number of aliphatic hydroxyl groups excluding tert-OH is 1. The third-order valence-electron chi connectivity index (χ3n) is 5.39. The molecule has 0 rings (SSSR count). The summed E-state index contributed by atoms with van der Waals surface area (Å²) in [6.07, 6.45) is 0.110. The van der Waals surface area contributed by atoms with E-state index >= 15 is 0 Å². The Morgan fingerprint density at radius 1 is 1.07 bits per heavy atom. The minimum Gasteiger partial charge on any atom is -0.395 e. The summed E-state index contributed by atoms with van der Waals surface area (Å²) in [6, 6.07) is -0.170. The first kappa shape index (κ1) is 28.6. The molecule has 0 bridgehead atoms. The number of allylic oxidation sites excluding steroid dienone is 3. The average Bonchev–Trinajstić information content (AvgIpc) is 2.64. The van der Waals surface area contributed by atoms with Gasteiger partial charge in [0.15, 0.2) is 11.7 Å². The zero-order valence-corrected chi connectivity index (χ0v) is 18.9. The van der Waals surface area contributed by atoms with E-state index in [1.54, 1.807) is 6.92 Å². The molecule has 174 valence electrons. The number of nitrogens with one attached hydrogen (secondary N) is 1. The van der Waals surface area contributed by atoms with Gasteiger partial charge in [0, 0.05) is 29.5 Å². The number of alkyl halides is 1. The van der Waals surface area contributed by atoms with Crippen LogP contribution in [0.15, 0.2) is 41.2 Å². The van der Waals surface area contributed by atoms with Crippen LogP contribution in [-0.4, -0.2) is 30.5 Å². The summed E-state index contributed by atoms with van der Waals surface area (Å²) in [7, 11) is 0. The third-order valence-corrected chi connectivity index (χ3v) is 5.39. The standard InChI is InChI=1S/C23H36F5NO/c1-14(2)15(3)10-16(4)29-17(5)12-23(7,13-30)19(11-21(27)18(6)25)22(28)20(26)8-9-24/h14-17,29-30H,6,8-10,12-13H2,1-5,7H3. The highest BCUT2D eigenvalue weighted by molar-refractivity contribution is 5.36. The highest BCUT2D eigenvalue weighted by Crippen LogP contribution is 2.39. The largest absolute Gasteiger partial charge is 0.395 e. The van der Waals surface area contributed by atoms with Crippen LogP contribution in [0.1, 0.15) is 60.8 Å². The van der Waals surface area contributed by atoms with Gasteiger partial charge in [-0.2, -0.15) is 4.39 Å². The molecule has 0 spiro atoms. The van der Waals surface area contributed by atoms with Crippen LogP contribution < -0.4 is 5.32 Å². The summed E-state index contributed by atoms with van der Waals surface area (Å²) in [4.78, 5) is 0. The SMILES string of the molecule is C=C(F)C(F)=C=C(C(F)=C(F)CCF)C(C)(CO)CC(C)NC(C)CC(C)C(C)C. The number of rotatable bonds is 13. The van der Waals surface area contributed by atoms with Gasteiger partial charge in [-0.25, -0.2) is 13.2 Å². The molecule has 0 saturated carbocycles. The molecular formula is C23H36F5NO. The van der Waals surface area contributed by atoms with Gasteiger partial charge in [-0.3, -0.25) is 4.39 Å². The summed E-state index contributed by atoms with van der Waals surface area (Å²) in [5, 5.41) is 13.3. The van der Waals surface area contributed by atoms with Crippen molar-refractivity contribution in [2.24, 2.45) is 17.3 Å². The fraction of sp³-hybridized carbons (Fsp3) is 0.696. The van der Waals surface area contributed by atoms with Gasteiger partial charge in [-0.15, -0.1) is 0 Å². The van der Waals surface area contributed by atoms with Gasteiger partial charge in [0.2, 0.25) is 5.83 Å². The Balaban J connectivity index is 5.92. The molecular weight excluding hydrogens is 401 g/mol. The van der Waals surface area contributed by atoms with Crippen LogP contribution >= 0.6 is 0 Å². The van der Waals surface area contributed by atoms with E-state index in [0.29, 0.717) is 11.8 Å². The highest BCUT2D eigenvalue weighted by Gasteiger charge is 2.35. The molecule has 0 saturated heterocycles. The Morgan fingerprint density at radius 2 is 1.63 bits per heavy atom. The van der Waals surface area contributed by atoms with Crippen molar-refractivity contribution in [1.29, 1.82) is 0 Å². The van der Waals surface area contributed by atoms with E-state index < -0.39 is 54.0 Å². The lowest BCUT2D eigenvalue weighted by molar-refractivity contribution is 0.148. The lowest BCUT2D eigenvalue weighted by Crippen LogP contribution is -2.40. The van der Waals surface area contributed by atoms with Gasteiger partial charge < -0.3 is 10.4 Å². The number of hydrogen-bond donors (Lipinski definition) is 2. The molecule has 30 heavy (non-hydrogen) atoms. The molecule has 7 heteroatoms. The summed E-state index contributed by atoms with van der Waals surface area (Å²) >= 11 is 0. The normalized spacial score (nSPS) is 17.5. The Hall–Kier alpha value is -1.43. The average molecular weight is 438 g/mol. The molecule has 0 aliphatic carbocycles. The second-order valence-corrected chi connectivity index (χ2v) is 8.73. The zero-order valence-electron chi connectivity index (χ0n) is 18.9. The van der Waals surface area contributed by atoms with E-state index in [1.165, 1.54) is 6.92 Å². The predicted molar refractivity (Wildman–Crippen MR) is 112 cm³/mol. The van der Waals surface area contributed by atoms with Crippen LogP contribution in [0.3, 0.4) is 0 Å². The summed E-state index contributed by atoms with van der Waals surface area (Å²) in [5.74, 6) is -5.14. The van der Waals surface area contributed by atoms with Crippen LogP contribution in [0.5, 0.6) is 0 Å². The van der Waals surface area contributed by atoms with Gasteiger partial charge in [-0.1, -0.05) is 40.0 Å². The lowest BCUT2D eigenvalue weighted by Gasteiger charge is -2.33. The van der Waals surface area contributed by atoms with Gasteiger partial charge >= 0.3 is 0 Å². The second kappa shape index (κ2) is 13.1. The van der Waals surface area contributed by atoms with Crippen LogP contribution in [0.25, 0.3) is 0 Å². The zero-order chi connectivity index (χ0) is 23.6. The van der Waals surface area contributed by atoms with E-state index in [2.05, 4.69) is 32.7 Å². The fourth-order valence-corrected chi connectivity index (χ4v) is 3.34. The lowest BCUT2D eigenvalue weighted by atomic mass is 9.76. The molecule has 0 aromatic rings. The predicted octanol–water partition coefficient (Wildman–Crippen LogP) is 6.80. The quantitative estimate of drug-likeness (QED) is 0.189. The van der Waals surface area contributed by atoms with Crippen LogP contribution in [-0.2, 0) is 0 Å². The molecule has 2 nitrogen and oxygen atoms in total. The summed E-state index contributed by atoms with van der Waals surface area (Å²) in [5.41, 5.74) is -0.328. The maximum absolute atomic E-state index is 14.7. The van der Waals surface area contributed by atoms with Crippen molar-refractivity contribution in [1.82, 2.24) is 5.32 Å². The first-order chi connectivity index (χ1) is 13.8. The minimum absolute atomic E-state index is 0.0780. The van der Waals surface area contributed by atoms with Crippen LogP contribution in [0, 0.1) is 17.3 Å². The van der Waals surface area contributed by atoms with Crippen molar-refractivity contribution < 1.29 is 27.1 Å². The Kier molecular flexibility index (Phi) is 12.5. The minimum atomic E-state index is -1.60. The van der Waals surface area contributed by atoms with E-state index in [1.807, 2.05) is 12.7 Å². The summed E-state index contributed by atoms with van der Waals surface area (Å²) in [6.45, 7) is 12.5. The molecule has 0 aromatic heterocycles. The van der Waals surface area contributed by atoms with E-state index in [-0.39, 0.29) is 18.5 Å². The molecule has 0 radical (unpaired) electrons. The number of halogens is 5. The molecule has 2 N–H and O–H groups in total. The molecule has 0 amide bonds. The van der Waals surface area contributed by atoms with E-state index in [9.17, 15) is 27.1 Å². The van der Waals surface area contributed by atoms with Crippen molar-refractivity contribution in [3.8, 4) is 0 Å². The highest BCUT2D eigenvalue weighted by atomic mass is 19.2. The summed E-state index contributed by atoms with van der Waals surface area (Å²) < 4.78 is 68.1. The Bertz CT molecular complexity index is 667. The first-order valence-electron chi connectivity index (χ1n) is 10.3. The molecule has 0 fully saturated rings. The number of hydrogen-bond acceptors (Lipinski definition) is 2. The molecule has 0 aromatic carbocycles. The van der Waals surface area contributed by atoms with Gasteiger partial charge in [0.05, 0.1) is 13.3 Å². The number of aliphatic hydroxyl groups is 1. The van der Waals surface area contributed by atoms with Gasteiger partial charge in [-0.05, 0) is 38.5 Å². The van der Waals surface area contributed by atoms with Gasteiger partial charge in [0.25, 0.3) is 0 Å². The molecule has 4 atom stereocenters. The van der Waals surface area contributed by atoms with Crippen molar-refractivity contribution >= 4 is 0 Å². The van der Waals surface area contributed by atoms with Crippen LogP contribution in [0.2, 0.25) is 0 Å². The van der Waals surface area contributed by atoms with Gasteiger partial charge in [0.1, 0.15) is 5.83 Å². The Labute approximate surface area is 177 Å². The van der Waals surface area contributed by atoms with Crippen molar-refractivity contribution in [3.05, 3.63) is 41.2 Å². The van der Waals surface area contributed by atoms with Crippen molar-refractivity contribution in [3.63, 3.8) is 0 Å². The fourth-order valence-electron chi connectivity index (χ4n) is 3.34. The van der Waals surface area contributed by atoms with E-state index in [0.717, 1.165) is 6.42 Å². The topological polar surface area (TPSA) is 32.3 Å². The van der Waals surface area contributed by atoms with Crippen molar-refractivity contribution in [2.75, 3.05) is 13.3 Å². The molecule has 0 aliphatic rings. The maximum Gasteiger partial charge on any atom is 0.200 e. The van der Waals surface area contributed by atoms with Crippen molar-refractivity contribution in [2.45, 2.75) is 72.9 Å². The maximum atomic E-state index is 14.7. The monoisotopic (exact) mass is 437 g/mol. The van der Waals surface area contributed by atoms with E-state index in [4.69, 9.17) is 0 Å². The smallest absolute Gasteiger partial charge is 0.200 e. The molecule has 0 heterocycles. The first-order valence-corrected chi connectivity index (χ1v) is 10.3. The van der Waals surface area contributed by atoms with Crippen LogP contribution in [0.4, 0.5) is 22.0 Å². The second-order valence-electron chi connectivity index (χ2n) is 8.73.